The molecule has 0 bridgehead atoms. The second-order valence-corrected chi connectivity index (χ2v) is 5.37. The molecule has 1 heterocycles. The molecule has 0 fully saturated rings. The van der Waals surface area contributed by atoms with E-state index in [1.165, 1.54) is 0 Å². The Kier molecular flexibility index (Phi) is 3.30. The van der Waals surface area contributed by atoms with Crippen LogP contribution in [0.5, 0.6) is 5.75 Å². The van der Waals surface area contributed by atoms with Crippen LogP contribution < -0.4 is 4.74 Å². The van der Waals surface area contributed by atoms with Gasteiger partial charge in [-0.15, -0.1) is 0 Å². The van der Waals surface area contributed by atoms with Gasteiger partial charge in [0.25, 0.3) is 0 Å². The van der Waals surface area contributed by atoms with Crippen LogP contribution in [0.2, 0.25) is 0 Å². The number of para-hydroxylation sites is 1. The summed E-state index contributed by atoms with van der Waals surface area (Å²) >= 11 is 2.89. The molecule has 1 atom stereocenters. The number of ether oxygens (including phenoxy) is 1. The van der Waals surface area contributed by atoms with Crippen LogP contribution in [-0.4, -0.2) is 12.4 Å². The first kappa shape index (κ1) is 13.2. The maximum absolute atomic E-state index is 13.9. The number of hydrogen-bond donors (Lipinski definition) is 0. The van der Waals surface area contributed by atoms with Gasteiger partial charge in [-0.1, -0.05) is 18.2 Å². The molecule has 5 heteroatoms. The fraction of sp³-hybridized carbons (Fsp3) is 0.133. The average Bonchev–Trinajstić information content (AvgIpc) is 2.86. The van der Waals surface area contributed by atoms with Gasteiger partial charge in [-0.3, -0.25) is 4.79 Å². The summed E-state index contributed by atoms with van der Waals surface area (Å²) < 4.78 is 32.8. The fourth-order valence-electron chi connectivity index (χ4n) is 2.28. The van der Waals surface area contributed by atoms with Gasteiger partial charge in [0.2, 0.25) is 0 Å². The van der Waals surface area contributed by atoms with Crippen molar-refractivity contribution in [3.63, 3.8) is 0 Å². The van der Waals surface area contributed by atoms with Crippen molar-refractivity contribution >= 4 is 21.7 Å². The first-order valence-electron chi connectivity index (χ1n) is 5.98. The van der Waals surface area contributed by atoms with E-state index >= 15 is 0 Å². The first-order chi connectivity index (χ1) is 9.58. The molecule has 0 aromatic heterocycles. The molecule has 1 unspecified atom stereocenters. The number of ketones is 1. The Morgan fingerprint density at radius 3 is 2.75 bits per heavy atom. The van der Waals surface area contributed by atoms with E-state index in [0.29, 0.717) is 11.3 Å². The minimum absolute atomic E-state index is 0.00498. The van der Waals surface area contributed by atoms with E-state index in [0.717, 1.165) is 12.1 Å². The lowest BCUT2D eigenvalue weighted by Crippen LogP contribution is -2.16. The number of benzene rings is 2. The SMILES string of the molecule is O=C(c1cc(F)c(Br)cc1F)C1COc2ccccc21. The standard InChI is InChI=1S/C15H9BrF2O2/c16-11-6-12(17)9(5-13(11)18)15(19)10-7-20-14-4-2-1-3-8(10)14/h1-6,10H,7H2. The molecule has 1 aliphatic heterocycles. The third kappa shape index (κ3) is 2.12. The Morgan fingerprint density at radius 1 is 1.20 bits per heavy atom. The van der Waals surface area contributed by atoms with Crippen molar-refractivity contribution in [1.82, 2.24) is 0 Å². The highest BCUT2D eigenvalue weighted by Gasteiger charge is 2.32. The largest absolute Gasteiger partial charge is 0.492 e. The lowest BCUT2D eigenvalue weighted by molar-refractivity contribution is 0.0943. The molecule has 102 valence electrons. The summed E-state index contributed by atoms with van der Waals surface area (Å²) in [4.78, 5) is 12.4. The molecule has 2 aromatic carbocycles. The van der Waals surface area contributed by atoms with Gasteiger partial charge in [0.1, 0.15) is 24.0 Å². The number of carbonyl (C=O) groups excluding carboxylic acids is 1. The number of rotatable bonds is 2. The van der Waals surface area contributed by atoms with E-state index in [4.69, 9.17) is 4.74 Å². The van der Waals surface area contributed by atoms with E-state index in [1.54, 1.807) is 24.3 Å². The highest BCUT2D eigenvalue weighted by Crippen LogP contribution is 2.36. The summed E-state index contributed by atoms with van der Waals surface area (Å²) in [5.74, 6) is -1.86. The highest BCUT2D eigenvalue weighted by atomic mass is 79.9. The van der Waals surface area contributed by atoms with E-state index in [9.17, 15) is 13.6 Å². The zero-order valence-corrected chi connectivity index (χ0v) is 11.8. The van der Waals surface area contributed by atoms with Crippen molar-refractivity contribution < 1.29 is 18.3 Å². The molecular weight excluding hydrogens is 330 g/mol. The summed E-state index contributed by atoms with van der Waals surface area (Å²) in [6.07, 6.45) is 0. The van der Waals surface area contributed by atoms with Crippen molar-refractivity contribution in [2.45, 2.75) is 5.92 Å². The van der Waals surface area contributed by atoms with E-state index in [2.05, 4.69) is 15.9 Å². The Bertz CT molecular complexity index is 700. The third-order valence-electron chi connectivity index (χ3n) is 3.29. The molecule has 1 aliphatic rings. The molecule has 2 nitrogen and oxygen atoms in total. The second kappa shape index (κ2) is 4.98. The molecule has 0 saturated carbocycles. The molecule has 0 N–H and O–H groups in total. The first-order valence-corrected chi connectivity index (χ1v) is 6.77. The van der Waals surface area contributed by atoms with Gasteiger partial charge in [0, 0.05) is 5.56 Å². The highest BCUT2D eigenvalue weighted by molar-refractivity contribution is 9.10. The molecule has 3 rings (SSSR count). The number of Topliss-reactive ketones (excluding diaryl/α,β-unsaturated/α-hetero) is 1. The molecule has 0 spiro atoms. The fourth-order valence-corrected chi connectivity index (χ4v) is 2.59. The van der Waals surface area contributed by atoms with Gasteiger partial charge in [-0.2, -0.15) is 0 Å². The van der Waals surface area contributed by atoms with Crippen LogP contribution in [0.3, 0.4) is 0 Å². The molecule has 20 heavy (non-hydrogen) atoms. The summed E-state index contributed by atoms with van der Waals surface area (Å²) in [7, 11) is 0. The third-order valence-corrected chi connectivity index (χ3v) is 3.90. The Hall–Kier alpha value is -1.75. The van der Waals surface area contributed by atoms with Crippen molar-refractivity contribution in [3.05, 3.63) is 63.6 Å². The van der Waals surface area contributed by atoms with Crippen molar-refractivity contribution in [2.24, 2.45) is 0 Å². The van der Waals surface area contributed by atoms with E-state index < -0.39 is 23.3 Å². The Morgan fingerprint density at radius 2 is 1.95 bits per heavy atom. The molecular formula is C15H9BrF2O2. The normalized spacial score (nSPS) is 16.6. The maximum Gasteiger partial charge on any atom is 0.176 e. The Labute approximate surface area is 122 Å². The van der Waals surface area contributed by atoms with Crippen LogP contribution in [0.1, 0.15) is 21.8 Å². The zero-order chi connectivity index (χ0) is 14.3. The molecule has 0 radical (unpaired) electrons. The van der Waals surface area contributed by atoms with Gasteiger partial charge in [-0.05, 0) is 34.1 Å². The number of fused-ring (bicyclic) bond motifs is 1. The van der Waals surface area contributed by atoms with Crippen molar-refractivity contribution in [3.8, 4) is 5.75 Å². The van der Waals surface area contributed by atoms with Crippen LogP contribution in [0.15, 0.2) is 40.9 Å². The lowest BCUT2D eigenvalue weighted by Gasteiger charge is -2.09. The van der Waals surface area contributed by atoms with Crippen LogP contribution >= 0.6 is 15.9 Å². The maximum atomic E-state index is 13.9. The van der Waals surface area contributed by atoms with Gasteiger partial charge >= 0.3 is 0 Å². The van der Waals surface area contributed by atoms with E-state index in [1.807, 2.05) is 0 Å². The molecule has 2 aromatic rings. The summed E-state index contributed by atoms with van der Waals surface area (Å²) in [6.45, 7) is 0.148. The molecule has 0 aliphatic carbocycles. The quantitative estimate of drug-likeness (QED) is 0.609. The minimum atomic E-state index is -0.743. The second-order valence-electron chi connectivity index (χ2n) is 4.51. The van der Waals surface area contributed by atoms with Crippen LogP contribution in [0, 0.1) is 11.6 Å². The molecule has 0 amide bonds. The monoisotopic (exact) mass is 338 g/mol. The van der Waals surface area contributed by atoms with Crippen LogP contribution in [-0.2, 0) is 0 Å². The van der Waals surface area contributed by atoms with Crippen molar-refractivity contribution in [1.29, 1.82) is 0 Å². The zero-order valence-electron chi connectivity index (χ0n) is 10.2. The lowest BCUT2D eigenvalue weighted by atomic mass is 9.92. The van der Waals surface area contributed by atoms with Gasteiger partial charge in [0.15, 0.2) is 5.78 Å². The van der Waals surface area contributed by atoms with Gasteiger partial charge in [-0.25, -0.2) is 8.78 Å². The molecule has 0 saturated heterocycles. The number of carbonyl (C=O) groups is 1. The predicted molar refractivity (Wildman–Crippen MR) is 73.1 cm³/mol. The number of halogens is 3. The van der Waals surface area contributed by atoms with Gasteiger partial charge < -0.3 is 4.74 Å². The predicted octanol–water partition coefficient (Wildman–Crippen LogP) is 4.09. The van der Waals surface area contributed by atoms with Crippen LogP contribution in [0.4, 0.5) is 8.78 Å². The summed E-state index contributed by atoms with van der Waals surface area (Å²) in [6, 6.07) is 8.98. The number of hydrogen-bond acceptors (Lipinski definition) is 2. The van der Waals surface area contributed by atoms with Gasteiger partial charge in [0.05, 0.1) is 16.0 Å². The smallest absolute Gasteiger partial charge is 0.176 e. The van der Waals surface area contributed by atoms with E-state index in [-0.39, 0.29) is 16.6 Å². The summed E-state index contributed by atoms with van der Waals surface area (Å²) in [5, 5.41) is 0. The minimum Gasteiger partial charge on any atom is -0.492 e. The topological polar surface area (TPSA) is 26.3 Å². The van der Waals surface area contributed by atoms with Crippen LogP contribution in [0.25, 0.3) is 0 Å². The Balaban J connectivity index is 2.01. The van der Waals surface area contributed by atoms with Crippen molar-refractivity contribution in [2.75, 3.05) is 6.61 Å². The average molecular weight is 339 g/mol. The summed E-state index contributed by atoms with van der Waals surface area (Å²) in [5.41, 5.74) is 0.455.